The molecule has 2 amide bonds. The lowest BCUT2D eigenvalue weighted by molar-refractivity contribution is -0.116. The van der Waals surface area contributed by atoms with Crippen molar-refractivity contribution in [2.45, 2.75) is 6.92 Å². The van der Waals surface area contributed by atoms with E-state index in [1.807, 2.05) is 13.0 Å². The third kappa shape index (κ3) is 4.31. The van der Waals surface area contributed by atoms with Crippen molar-refractivity contribution in [1.82, 2.24) is 4.90 Å². The molecule has 0 bridgehead atoms. The topological polar surface area (TPSA) is 49.4 Å². The fourth-order valence-electron chi connectivity index (χ4n) is 1.76. The molecule has 1 aromatic carbocycles. The maximum absolute atomic E-state index is 12.1. The minimum atomic E-state index is -0.249. The minimum Gasteiger partial charge on any atom is -0.332 e. The number of nitrogens with zero attached hydrogens (tertiary/aromatic N) is 1. The molecule has 1 heterocycles. The van der Waals surface area contributed by atoms with E-state index >= 15 is 0 Å². The summed E-state index contributed by atoms with van der Waals surface area (Å²) >= 11 is 7.20. The van der Waals surface area contributed by atoms with E-state index in [4.69, 9.17) is 11.6 Å². The Morgan fingerprint density at radius 2 is 1.86 bits per heavy atom. The van der Waals surface area contributed by atoms with Gasteiger partial charge in [0.25, 0.3) is 5.91 Å². The van der Waals surface area contributed by atoms with Crippen LogP contribution in [0.25, 0.3) is 0 Å². The zero-order valence-corrected chi connectivity index (χ0v) is 13.3. The number of thiophene rings is 1. The number of benzene rings is 1. The molecule has 2 aromatic rings. The fourth-order valence-corrected chi connectivity index (χ4v) is 2.75. The van der Waals surface area contributed by atoms with Gasteiger partial charge in [-0.05, 0) is 43.3 Å². The molecule has 0 saturated carbocycles. The number of amides is 2. The smallest absolute Gasteiger partial charge is 0.264 e. The van der Waals surface area contributed by atoms with Gasteiger partial charge in [-0.2, -0.15) is 0 Å². The second-order valence-electron chi connectivity index (χ2n) is 4.63. The van der Waals surface area contributed by atoms with Crippen molar-refractivity contribution in [2.75, 3.05) is 18.9 Å². The van der Waals surface area contributed by atoms with Crippen LogP contribution in [-0.2, 0) is 4.79 Å². The summed E-state index contributed by atoms with van der Waals surface area (Å²) in [6, 6.07) is 10.5. The molecule has 0 atom stereocenters. The normalized spacial score (nSPS) is 10.2. The largest absolute Gasteiger partial charge is 0.332 e. The zero-order chi connectivity index (χ0) is 15.4. The van der Waals surface area contributed by atoms with E-state index in [1.165, 1.54) is 16.2 Å². The highest BCUT2D eigenvalue weighted by atomic mass is 35.5. The van der Waals surface area contributed by atoms with Crippen molar-refractivity contribution in [3.63, 3.8) is 0 Å². The third-order valence-electron chi connectivity index (χ3n) is 2.81. The first kappa shape index (κ1) is 15.5. The number of hydrogen-bond acceptors (Lipinski definition) is 3. The number of hydrogen-bond donors (Lipinski definition) is 1. The van der Waals surface area contributed by atoms with Crippen LogP contribution in [0.2, 0.25) is 5.02 Å². The number of carbonyl (C=O) groups is 2. The Hall–Kier alpha value is -1.85. The molecule has 0 aliphatic rings. The molecule has 0 radical (unpaired) electrons. The number of aryl methyl sites for hydroxylation is 1. The van der Waals surface area contributed by atoms with E-state index in [-0.39, 0.29) is 18.4 Å². The van der Waals surface area contributed by atoms with Gasteiger partial charge in [0.1, 0.15) is 0 Å². The van der Waals surface area contributed by atoms with Gasteiger partial charge in [-0.25, -0.2) is 0 Å². The first-order chi connectivity index (χ1) is 9.95. The van der Waals surface area contributed by atoms with Crippen LogP contribution >= 0.6 is 22.9 Å². The highest BCUT2D eigenvalue weighted by Crippen LogP contribution is 2.17. The Balaban J connectivity index is 1.92. The molecule has 0 aliphatic heterocycles. The maximum atomic E-state index is 12.1. The number of likely N-dealkylation sites (N-methyl/N-ethyl adjacent to an activating group) is 1. The summed E-state index contributed by atoms with van der Waals surface area (Å²) in [4.78, 5) is 27.1. The number of nitrogens with one attached hydrogen (secondary N) is 1. The van der Waals surface area contributed by atoms with Gasteiger partial charge in [0, 0.05) is 22.6 Å². The molecule has 110 valence electrons. The van der Waals surface area contributed by atoms with Crippen LogP contribution < -0.4 is 5.32 Å². The summed E-state index contributed by atoms with van der Waals surface area (Å²) in [7, 11) is 1.61. The van der Waals surface area contributed by atoms with E-state index in [0.717, 1.165) is 4.88 Å². The Bertz CT molecular complexity index is 652. The summed E-state index contributed by atoms with van der Waals surface area (Å²) in [6.07, 6.45) is 0. The highest BCUT2D eigenvalue weighted by Gasteiger charge is 2.16. The molecule has 1 aromatic heterocycles. The van der Waals surface area contributed by atoms with Crippen LogP contribution in [0.4, 0.5) is 5.69 Å². The lowest BCUT2D eigenvalue weighted by Crippen LogP contribution is -2.34. The van der Waals surface area contributed by atoms with E-state index < -0.39 is 0 Å². The van der Waals surface area contributed by atoms with Gasteiger partial charge in [-0.15, -0.1) is 11.3 Å². The van der Waals surface area contributed by atoms with Gasteiger partial charge in [0.2, 0.25) is 5.91 Å². The molecule has 0 fully saturated rings. The lowest BCUT2D eigenvalue weighted by atomic mass is 10.3. The van der Waals surface area contributed by atoms with Gasteiger partial charge in [-0.3, -0.25) is 9.59 Å². The zero-order valence-electron chi connectivity index (χ0n) is 11.7. The summed E-state index contributed by atoms with van der Waals surface area (Å²) in [5.74, 6) is -0.402. The standard InChI is InChI=1S/C15H15ClN2O2S/c1-10-3-8-13(21-10)15(20)18(2)9-14(19)17-12-6-4-11(16)5-7-12/h3-8H,9H2,1-2H3,(H,17,19). The van der Waals surface area contributed by atoms with E-state index in [9.17, 15) is 9.59 Å². The van der Waals surface area contributed by atoms with Crippen LogP contribution in [0.1, 0.15) is 14.5 Å². The van der Waals surface area contributed by atoms with Crippen molar-refractivity contribution in [3.8, 4) is 0 Å². The highest BCUT2D eigenvalue weighted by molar-refractivity contribution is 7.13. The molecule has 0 spiro atoms. The SMILES string of the molecule is Cc1ccc(C(=O)N(C)CC(=O)Nc2ccc(Cl)cc2)s1. The number of anilines is 1. The molecule has 0 aliphatic carbocycles. The van der Waals surface area contributed by atoms with Crippen molar-refractivity contribution in [1.29, 1.82) is 0 Å². The van der Waals surface area contributed by atoms with Crippen molar-refractivity contribution >= 4 is 40.4 Å². The average Bonchev–Trinajstić information content (AvgIpc) is 2.87. The average molecular weight is 323 g/mol. The van der Waals surface area contributed by atoms with Gasteiger partial charge >= 0.3 is 0 Å². The fraction of sp³-hybridized carbons (Fsp3) is 0.200. The third-order valence-corrected chi connectivity index (χ3v) is 4.05. The van der Waals surface area contributed by atoms with Crippen molar-refractivity contribution in [2.24, 2.45) is 0 Å². The number of halogens is 1. The Kier molecular flexibility index (Phi) is 4.98. The van der Waals surface area contributed by atoms with Gasteiger partial charge in [-0.1, -0.05) is 11.6 Å². The molecule has 4 nitrogen and oxygen atoms in total. The predicted molar refractivity (Wildman–Crippen MR) is 86.1 cm³/mol. The van der Waals surface area contributed by atoms with E-state index in [1.54, 1.807) is 37.4 Å². The summed E-state index contributed by atoms with van der Waals surface area (Å²) in [5.41, 5.74) is 0.650. The molecular weight excluding hydrogens is 308 g/mol. The Morgan fingerprint density at radius 1 is 1.19 bits per heavy atom. The first-order valence-electron chi connectivity index (χ1n) is 6.33. The number of rotatable bonds is 4. The van der Waals surface area contributed by atoms with Crippen LogP contribution in [0, 0.1) is 6.92 Å². The molecule has 1 N–H and O–H groups in total. The second-order valence-corrected chi connectivity index (χ2v) is 6.35. The van der Waals surface area contributed by atoms with E-state index in [0.29, 0.717) is 15.6 Å². The first-order valence-corrected chi connectivity index (χ1v) is 7.52. The molecule has 0 unspecified atom stereocenters. The predicted octanol–water partition coefficient (Wildman–Crippen LogP) is 3.42. The van der Waals surface area contributed by atoms with Gasteiger partial charge < -0.3 is 10.2 Å². The van der Waals surface area contributed by atoms with Crippen molar-refractivity contribution in [3.05, 3.63) is 51.2 Å². The maximum Gasteiger partial charge on any atom is 0.264 e. The quantitative estimate of drug-likeness (QED) is 0.937. The number of carbonyl (C=O) groups excluding carboxylic acids is 2. The van der Waals surface area contributed by atoms with Gasteiger partial charge in [0.05, 0.1) is 11.4 Å². The minimum absolute atomic E-state index is 0.00158. The Labute approximate surface area is 132 Å². The lowest BCUT2D eigenvalue weighted by Gasteiger charge is -2.15. The van der Waals surface area contributed by atoms with Crippen LogP contribution in [0.3, 0.4) is 0 Å². The van der Waals surface area contributed by atoms with Gasteiger partial charge in [0.15, 0.2) is 0 Å². The Morgan fingerprint density at radius 3 is 2.43 bits per heavy atom. The molecule has 21 heavy (non-hydrogen) atoms. The molecule has 0 saturated heterocycles. The summed E-state index contributed by atoms with van der Waals surface area (Å²) in [5, 5.41) is 3.33. The molecule has 6 heteroatoms. The molecule has 2 rings (SSSR count). The second kappa shape index (κ2) is 6.74. The molecular formula is C15H15ClN2O2S. The van der Waals surface area contributed by atoms with Crippen molar-refractivity contribution < 1.29 is 9.59 Å². The summed E-state index contributed by atoms with van der Waals surface area (Å²) in [6.45, 7) is 1.94. The van der Waals surface area contributed by atoms with Crippen LogP contribution in [0.5, 0.6) is 0 Å². The summed E-state index contributed by atoms with van der Waals surface area (Å²) < 4.78 is 0. The monoisotopic (exact) mass is 322 g/mol. The van der Waals surface area contributed by atoms with E-state index in [2.05, 4.69) is 5.32 Å². The van der Waals surface area contributed by atoms with Crippen LogP contribution in [-0.4, -0.2) is 30.3 Å². The van der Waals surface area contributed by atoms with Crippen LogP contribution in [0.15, 0.2) is 36.4 Å².